The van der Waals surface area contributed by atoms with Gasteiger partial charge in [0.25, 0.3) is 0 Å². The highest BCUT2D eigenvalue weighted by atomic mass is 16.5. The Morgan fingerprint density at radius 2 is 1.96 bits per heavy atom. The molecule has 1 saturated heterocycles. The maximum Gasteiger partial charge on any atom is 0.244 e. The van der Waals surface area contributed by atoms with Gasteiger partial charge < -0.3 is 15.0 Å². The largest absolute Gasteiger partial charge is 0.489 e. The van der Waals surface area contributed by atoms with Crippen LogP contribution in [0.15, 0.2) is 48.5 Å². The zero-order chi connectivity index (χ0) is 18.4. The zero-order valence-corrected chi connectivity index (χ0v) is 14.9. The van der Waals surface area contributed by atoms with Gasteiger partial charge in [0.15, 0.2) is 0 Å². The van der Waals surface area contributed by atoms with E-state index in [1.807, 2.05) is 54.3 Å². The number of nitrogens with zero attached hydrogens (tertiary/aromatic N) is 2. The smallest absolute Gasteiger partial charge is 0.244 e. The van der Waals surface area contributed by atoms with E-state index in [2.05, 4.69) is 11.4 Å². The first-order valence-corrected chi connectivity index (χ1v) is 8.93. The van der Waals surface area contributed by atoms with Crippen LogP contribution < -0.4 is 10.1 Å². The van der Waals surface area contributed by atoms with Crippen LogP contribution in [0.25, 0.3) is 0 Å². The van der Waals surface area contributed by atoms with Gasteiger partial charge in [0, 0.05) is 18.8 Å². The number of ether oxygens (including phenoxy) is 1. The summed E-state index contributed by atoms with van der Waals surface area (Å²) in [6.45, 7) is 4.04. The van der Waals surface area contributed by atoms with Gasteiger partial charge >= 0.3 is 0 Å². The summed E-state index contributed by atoms with van der Waals surface area (Å²) in [5, 5.41) is 12.2. The number of carbonyl (C=O) groups excluding carboxylic acids is 1. The molecule has 0 aromatic heterocycles. The number of nitrogens with one attached hydrogen (secondary N) is 1. The lowest BCUT2D eigenvalue weighted by Gasteiger charge is -2.22. The van der Waals surface area contributed by atoms with Gasteiger partial charge in [-0.2, -0.15) is 5.26 Å². The second kappa shape index (κ2) is 8.39. The summed E-state index contributed by atoms with van der Waals surface area (Å²) < 4.78 is 5.77. The van der Waals surface area contributed by atoms with Gasteiger partial charge in [0.2, 0.25) is 5.91 Å². The van der Waals surface area contributed by atoms with Crippen molar-refractivity contribution in [2.45, 2.75) is 32.4 Å². The van der Waals surface area contributed by atoms with E-state index >= 15 is 0 Å². The summed E-state index contributed by atoms with van der Waals surface area (Å²) in [7, 11) is 0. The van der Waals surface area contributed by atoms with E-state index in [0.717, 1.165) is 42.9 Å². The molecule has 0 bridgehead atoms. The number of amides is 1. The van der Waals surface area contributed by atoms with Crippen molar-refractivity contribution in [3.05, 3.63) is 59.7 Å². The zero-order valence-electron chi connectivity index (χ0n) is 14.9. The minimum Gasteiger partial charge on any atom is -0.489 e. The molecule has 5 heteroatoms. The summed E-state index contributed by atoms with van der Waals surface area (Å²) in [6, 6.07) is 16.8. The van der Waals surface area contributed by atoms with Crippen LogP contribution in [0.4, 0.5) is 5.69 Å². The molecule has 1 atom stereocenters. The van der Waals surface area contributed by atoms with Crippen molar-refractivity contribution in [3.63, 3.8) is 0 Å². The average molecular weight is 349 g/mol. The molecule has 26 heavy (non-hydrogen) atoms. The van der Waals surface area contributed by atoms with Gasteiger partial charge in [-0.25, -0.2) is 0 Å². The predicted molar refractivity (Wildman–Crippen MR) is 101 cm³/mol. The molecule has 0 saturated carbocycles. The first-order valence-electron chi connectivity index (χ1n) is 8.93. The lowest BCUT2D eigenvalue weighted by atomic mass is 10.1. The monoisotopic (exact) mass is 349 g/mol. The van der Waals surface area contributed by atoms with Crippen LogP contribution in [0, 0.1) is 11.3 Å². The normalized spacial score (nSPS) is 14.5. The highest BCUT2D eigenvalue weighted by molar-refractivity contribution is 5.84. The number of nitriles is 1. The van der Waals surface area contributed by atoms with E-state index in [1.54, 1.807) is 6.07 Å². The number of anilines is 1. The van der Waals surface area contributed by atoms with Gasteiger partial charge in [-0.05, 0) is 61.7 Å². The van der Waals surface area contributed by atoms with E-state index in [1.165, 1.54) is 0 Å². The fourth-order valence-electron chi connectivity index (χ4n) is 3.07. The number of hydrogen-bond acceptors (Lipinski definition) is 4. The van der Waals surface area contributed by atoms with E-state index < -0.39 is 0 Å². The summed E-state index contributed by atoms with van der Waals surface area (Å²) in [5.74, 6) is 0.900. The highest BCUT2D eigenvalue weighted by Crippen LogP contribution is 2.19. The van der Waals surface area contributed by atoms with Crippen LogP contribution >= 0.6 is 0 Å². The summed E-state index contributed by atoms with van der Waals surface area (Å²) in [5.41, 5.74) is 2.47. The minimum atomic E-state index is -0.242. The molecule has 3 rings (SSSR count). The van der Waals surface area contributed by atoms with Gasteiger partial charge in [-0.15, -0.1) is 0 Å². The molecule has 0 spiro atoms. The number of hydrogen-bond donors (Lipinski definition) is 1. The minimum absolute atomic E-state index is 0.153. The van der Waals surface area contributed by atoms with Crippen molar-refractivity contribution in [1.82, 2.24) is 4.90 Å². The molecule has 2 aromatic rings. The molecule has 1 N–H and O–H groups in total. The number of benzene rings is 2. The molecular formula is C21H23N3O2. The Morgan fingerprint density at radius 1 is 1.23 bits per heavy atom. The third-order valence-electron chi connectivity index (χ3n) is 4.49. The third-order valence-corrected chi connectivity index (χ3v) is 4.49. The molecule has 1 amide bonds. The van der Waals surface area contributed by atoms with Crippen LogP contribution in [0.2, 0.25) is 0 Å². The topological polar surface area (TPSA) is 65.4 Å². The quantitative estimate of drug-likeness (QED) is 0.866. The molecule has 0 radical (unpaired) electrons. The Hall–Kier alpha value is -3.00. The lowest BCUT2D eigenvalue weighted by Crippen LogP contribution is -2.39. The van der Waals surface area contributed by atoms with Crippen LogP contribution in [-0.2, 0) is 11.4 Å². The summed E-state index contributed by atoms with van der Waals surface area (Å²) in [4.78, 5) is 14.3. The Morgan fingerprint density at radius 3 is 2.65 bits per heavy atom. The van der Waals surface area contributed by atoms with E-state index in [4.69, 9.17) is 10.00 Å². The van der Waals surface area contributed by atoms with Gasteiger partial charge in [-0.3, -0.25) is 4.79 Å². The predicted octanol–water partition coefficient (Wildman–Crippen LogP) is 3.56. The van der Waals surface area contributed by atoms with Crippen LogP contribution in [0.1, 0.15) is 30.9 Å². The van der Waals surface area contributed by atoms with Crippen LogP contribution in [0.5, 0.6) is 5.75 Å². The maximum absolute atomic E-state index is 12.3. The lowest BCUT2D eigenvalue weighted by molar-refractivity contribution is -0.130. The van der Waals surface area contributed by atoms with Gasteiger partial charge in [-0.1, -0.05) is 12.1 Å². The van der Waals surface area contributed by atoms with E-state index in [0.29, 0.717) is 12.2 Å². The molecule has 5 nitrogen and oxygen atoms in total. The third kappa shape index (κ3) is 4.54. The Bertz CT molecular complexity index is 790. The number of carbonyl (C=O) groups is 1. The maximum atomic E-state index is 12.3. The second-order valence-electron chi connectivity index (χ2n) is 6.52. The number of rotatable bonds is 6. The van der Waals surface area contributed by atoms with Crippen molar-refractivity contribution in [3.8, 4) is 11.8 Å². The van der Waals surface area contributed by atoms with Gasteiger partial charge in [0.05, 0.1) is 11.6 Å². The van der Waals surface area contributed by atoms with Crippen LogP contribution in [-0.4, -0.2) is 29.9 Å². The molecule has 1 fully saturated rings. The Kier molecular flexibility index (Phi) is 5.75. The van der Waals surface area contributed by atoms with E-state index in [-0.39, 0.29) is 11.9 Å². The molecule has 1 aliphatic rings. The first kappa shape index (κ1) is 17.8. The Balaban J connectivity index is 1.53. The van der Waals surface area contributed by atoms with Crippen molar-refractivity contribution in [2.75, 3.05) is 18.4 Å². The second-order valence-corrected chi connectivity index (χ2v) is 6.52. The molecule has 1 heterocycles. The molecule has 2 aromatic carbocycles. The number of likely N-dealkylation sites (tertiary alicyclic amines) is 1. The van der Waals surface area contributed by atoms with Gasteiger partial charge in [0.1, 0.15) is 18.4 Å². The summed E-state index contributed by atoms with van der Waals surface area (Å²) in [6.07, 6.45) is 2.20. The van der Waals surface area contributed by atoms with Crippen LogP contribution in [0.3, 0.4) is 0 Å². The average Bonchev–Trinajstić information content (AvgIpc) is 3.21. The van der Waals surface area contributed by atoms with Crippen molar-refractivity contribution < 1.29 is 9.53 Å². The standard InChI is InChI=1S/C21H23N3O2/c1-16(21(25)24-11-2-3-12-24)23-19-7-9-20(10-8-19)26-15-18-6-4-5-17(13-18)14-22/h4-10,13,16,23H,2-3,11-12,15H2,1H3. The van der Waals surface area contributed by atoms with Crippen molar-refractivity contribution >= 4 is 11.6 Å². The fraction of sp³-hybridized carbons (Fsp3) is 0.333. The first-order chi connectivity index (χ1) is 12.7. The molecule has 134 valence electrons. The highest BCUT2D eigenvalue weighted by Gasteiger charge is 2.22. The Labute approximate surface area is 154 Å². The van der Waals surface area contributed by atoms with Crippen molar-refractivity contribution in [1.29, 1.82) is 5.26 Å². The molecule has 1 unspecified atom stereocenters. The SMILES string of the molecule is CC(Nc1ccc(OCc2cccc(C#N)c2)cc1)C(=O)N1CCCC1. The fourth-order valence-corrected chi connectivity index (χ4v) is 3.07. The molecular weight excluding hydrogens is 326 g/mol. The van der Waals surface area contributed by atoms with E-state index in [9.17, 15) is 4.79 Å². The molecule has 0 aliphatic carbocycles. The summed E-state index contributed by atoms with van der Waals surface area (Å²) >= 11 is 0. The molecule has 1 aliphatic heterocycles. The van der Waals surface area contributed by atoms with Crippen molar-refractivity contribution in [2.24, 2.45) is 0 Å².